The number of pyridine rings is 1. The Morgan fingerprint density at radius 3 is 2.71 bits per heavy atom. The van der Waals surface area contributed by atoms with Gasteiger partial charge < -0.3 is 5.32 Å². The number of amides is 1. The van der Waals surface area contributed by atoms with Crippen LogP contribution in [0, 0.1) is 5.92 Å². The van der Waals surface area contributed by atoms with Crippen molar-refractivity contribution in [1.29, 1.82) is 0 Å². The molecular formula is C12H17BrN2OS. The van der Waals surface area contributed by atoms with Crippen LogP contribution in [0.5, 0.6) is 0 Å². The second kappa shape index (κ2) is 7.01. The van der Waals surface area contributed by atoms with Gasteiger partial charge in [-0.15, -0.1) is 0 Å². The number of thioether (sulfide) groups is 1. The predicted octanol–water partition coefficient (Wildman–Crippen LogP) is 3.10. The normalized spacial score (nSPS) is 12.5. The quantitative estimate of drug-likeness (QED) is 0.849. The Balaban J connectivity index is 2.35. The Morgan fingerprint density at radius 2 is 2.18 bits per heavy atom. The van der Waals surface area contributed by atoms with E-state index in [2.05, 4.69) is 40.1 Å². The fourth-order valence-electron chi connectivity index (χ4n) is 1.05. The summed E-state index contributed by atoms with van der Waals surface area (Å²) >= 11 is 4.77. The number of hydrogen-bond acceptors (Lipinski definition) is 3. The van der Waals surface area contributed by atoms with Crippen LogP contribution in [0.3, 0.4) is 0 Å². The third-order valence-corrected chi connectivity index (χ3v) is 3.85. The van der Waals surface area contributed by atoms with E-state index in [1.165, 1.54) is 11.8 Å². The van der Waals surface area contributed by atoms with Gasteiger partial charge >= 0.3 is 0 Å². The number of rotatable bonds is 5. The fraction of sp³-hybridized carbons (Fsp3) is 0.500. The van der Waals surface area contributed by atoms with Crippen LogP contribution in [-0.2, 0) is 4.79 Å². The maximum atomic E-state index is 11.6. The number of nitrogens with one attached hydrogen (secondary N) is 1. The van der Waals surface area contributed by atoms with Crippen LogP contribution in [0.2, 0.25) is 0 Å². The summed E-state index contributed by atoms with van der Waals surface area (Å²) < 4.78 is 0.944. The number of nitrogens with zero attached hydrogens (tertiary/aromatic N) is 1. The molecule has 0 bridgehead atoms. The standard InChI is InChI=1S/C12H17BrN2OS/c1-8(2)9(3)15-11(16)7-17-12-5-4-10(13)6-14-12/h4-6,8-9H,7H2,1-3H3,(H,15,16). The maximum absolute atomic E-state index is 11.6. The van der Waals surface area contributed by atoms with E-state index in [0.29, 0.717) is 11.7 Å². The first-order valence-corrected chi connectivity index (χ1v) is 7.30. The van der Waals surface area contributed by atoms with Crippen LogP contribution in [0.15, 0.2) is 27.8 Å². The summed E-state index contributed by atoms with van der Waals surface area (Å²) in [6.45, 7) is 6.20. The molecule has 1 aromatic rings. The molecule has 3 nitrogen and oxygen atoms in total. The van der Waals surface area contributed by atoms with Crippen LogP contribution < -0.4 is 5.32 Å². The summed E-state index contributed by atoms with van der Waals surface area (Å²) in [4.78, 5) is 15.8. The predicted molar refractivity (Wildman–Crippen MR) is 75.1 cm³/mol. The molecule has 94 valence electrons. The minimum atomic E-state index is 0.0564. The molecule has 0 saturated carbocycles. The third kappa shape index (κ3) is 5.55. The van der Waals surface area contributed by atoms with Crippen molar-refractivity contribution >= 4 is 33.6 Å². The maximum Gasteiger partial charge on any atom is 0.230 e. The van der Waals surface area contributed by atoms with Crippen molar-refractivity contribution in [2.45, 2.75) is 31.8 Å². The minimum Gasteiger partial charge on any atom is -0.353 e. The molecule has 5 heteroatoms. The van der Waals surface area contributed by atoms with Gasteiger partial charge in [0.2, 0.25) is 5.91 Å². The van der Waals surface area contributed by atoms with Gasteiger partial charge in [-0.2, -0.15) is 0 Å². The van der Waals surface area contributed by atoms with Crippen molar-refractivity contribution in [3.8, 4) is 0 Å². The molecule has 0 saturated heterocycles. The van der Waals surface area contributed by atoms with Crippen LogP contribution in [0.4, 0.5) is 0 Å². The molecule has 0 aromatic carbocycles. The van der Waals surface area contributed by atoms with E-state index in [1.54, 1.807) is 6.20 Å². The Bertz CT molecular complexity index is 367. The van der Waals surface area contributed by atoms with Gasteiger partial charge in [0.15, 0.2) is 0 Å². The lowest BCUT2D eigenvalue weighted by molar-refractivity contribution is -0.119. The molecule has 0 spiro atoms. The van der Waals surface area contributed by atoms with Gasteiger partial charge in [0.05, 0.1) is 10.8 Å². The van der Waals surface area contributed by atoms with Gasteiger partial charge in [0.1, 0.15) is 0 Å². The number of carbonyl (C=O) groups excluding carboxylic acids is 1. The van der Waals surface area contributed by atoms with Crippen molar-refractivity contribution in [3.05, 3.63) is 22.8 Å². The van der Waals surface area contributed by atoms with Gasteiger partial charge in [0, 0.05) is 16.7 Å². The fourth-order valence-corrected chi connectivity index (χ4v) is 1.94. The van der Waals surface area contributed by atoms with Crippen molar-refractivity contribution in [3.63, 3.8) is 0 Å². The topological polar surface area (TPSA) is 42.0 Å². The highest BCUT2D eigenvalue weighted by atomic mass is 79.9. The number of carbonyl (C=O) groups is 1. The highest BCUT2D eigenvalue weighted by molar-refractivity contribution is 9.10. The van der Waals surface area contributed by atoms with E-state index < -0.39 is 0 Å². The molecule has 0 fully saturated rings. The molecule has 1 amide bonds. The molecular weight excluding hydrogens is 300 g/mol. The van der Waals surface area contributed by atoms with Crippen molar-refractivity contribution in [2.75, 3.05) is 5.75 Å². The van der Waals surface area contributed by atoms with Crippen LogP contribution in [0.1, 0.15) is 20.8 Å². The van der Waals surface area contributed by atoms with Crippen LogP contribution >= 0.6 is 27.7 Å². The zero-order valence-corrected chi connectivity index (χ0v) is 12.6. The molecule has 0 aliphatic carbocycles. The molecule has 1 N–H and O–H groups in total. The van der Waals surface area contributed by atoms with E-state index >= 15 is 0 Å². The van der Waals surface area contributed by atoms with E-state index in [1.807, 2.05) is 19.1 Å². The van der Waals surface area contributed by atoms with Crippen molar-refractivity contribution in [2.24, 2.45) is 5.92 Å². The lowest BCUT2D eigenvalue weighted by Crippen LogP contribution is -2.37. The number of halogens is 1. The summed E-state index contributed by atoms with van der Waals surface area (Å²) in [7, 11) is 0. The highest BCUT2D eigenvalue weighted by Gasteiger charge is 2.10. The zero-order chi connectivity index (χ0) is 12.8. The van der Waals surface area contributed by atoms with Crippen LogP contribution in [0.25, 0.3) is 0 Å². The van der Waals surface area contributed by atoms with Gasteiger partial charge in [-0.25, -0.2) is 4.98 Å². The summed E-state index contributed by atoms with van der Waals surface area (Å²) in [6, 6.07) is 4.03. The number of hydrogen-bond donors (Lipinski definition) is 1. The second-order valence-corrected chi connectivity index (χ2v) is 6.11. The van der Waals surface area contributed by atoms with E-state index in [0.717, 1.165) is 9.50 Å². The third-order valence-electron chi connectivity index (χ3n) is 2.44. The van der Waals surface area contributed by atoms with E-state index in [4.69, 9.17) is 0 Å². The van der Waals surface area contributed by atoms with Gasteiger partial charge in [-0.3, -0.25) is 4.79 Å². The molecule has 0 radical (unpaired) electrons. The van der Waals surface area contributed by atoms with Crippen molar-refractivity contribution in [1.82, 2.24) is 10.3 Å². The highest BCUT2D eigenvalue weighted by Crippen LogP contribution is 2.17. The molecule has 1 atom stereocenters. The molecule has 1 rings (SSSR count). The van der Waals surface area contributed by atoms with Crippen molar-refractivity contribution < 1.29 is 4.79 Å². The average molecular weight is 317 g/mol. The summed E-state index contributed by atoms with van der Waals surface area (Å²) in [5.41, 5.74) is 0. The SMILES string of the molecule is CC(C)C(C)NC(=O)CSc1ccc(Br)cn1. The van der Waals surface area contributed by atoms with Gasteiger partial charge in [-0.05, 0) is 40.9 Å². The first-order chi connectivity index (χ1) is 7.99. The molecule has 0 aliphatic rings. The molecule has 1 unspecified atom stereocenters. The molecule has 0 aliphatic heterocycles. The lowest BCUT2D eigenvalue weighted by atomic mass is 10.1. The Morgan fingerprint density at radius 1 is 1.47 bits per heavy atom. The average Bonchev–Trinajstić information content (AvgIpc) is 2.28. The lowest BCUT2D eigenvalue weighted by Gasteiger charge is -2.17. The smallest absolute Gasteiger partial charge is 0.230 e. The second-order valence-electron chi connectivity index (χ2n) is 4.20. The summed E-state index contributed by atoms with van der Waals surface area (Å²) in [5, 5.41) is 3.83. The monoisotopic (exact) mass is 316 g/mol. The molecule has 1 heterocycles. The first kappa shape index (κ1) is 14.5. The zero-order valence-electron chi connectivity index (χ0n) is 10.2. The largest absolute Gasteiger partial charge is 0.353 e. The number of aromatic nitrogens is 1. The Kier molecular flexibility index (Phi) is 5.98. The van der Waals surface area contributed by atoms with Gasteiger partial charge in [0.25, 0.3) is 0 Å². The summed E-state index contributed by atoms with van der Waals surface area (Å²) in [6.07, 6.45) is 1.73. The van der Waals surface area contributed by atoms with E-state index in [-0.39, 0.29) is 11.9 Å². The summed E-state index contributed by atoms with van der Waals surface area (Å²) in [5.74, 6) is 0.918. The Hall–Kier alpha value is -0.550. The van der Waals surface area contributed by atoms with Crippen LogP contribution in [-0.4, -0.2) is 22.7 Å². The minimum absolute atomic E-state index is 0.0564. The Labute approximate surface area is 115 Å². The first-order valence-electron chi connectivity index (χ1n) is 5.52. The molecule has 1 aromatic heterocycles. The van der Waals surface area contributed by atoms with E-state index in [9.17, 15) is 4.79 Å². The van der Waals surface area contributed by atoms with Gasteiger partial charge in [-0.1, -0.05) is 25.6 Å². The molecule has 17 heavy (non-hydrogen) atoms.